The number of aromatic amines is 1. The molecule has 0 bridgehead atoms. The number of aromatic nitrogens is 3. The van der Waals surface area contributed by atoms with Gasteiger partial charge in [0.1, 0.15) is 24.2 Å². The number of carbonyl (C=O) groups excluding carboxylic acids is 1. The molecule has 1 aromatic carbocycles. The SMILES string of the molecule is O=C(C=C(O)c1nc[nH]n1)c1coc(Cc2cccc(F)c2)c1. The molecule has 0 aliphatic rings. The van der Waals surface area contributed by atoms with Crippen molar-refractivity contribution < 1.29 is 18.7 Å². The molecule has 0 saturated carbocycles. The summed E-state index contributed by atoms with van der Waals surface area (Å²) in [4.78, 5) is 15.8. The van der Waals surface area contributed by atoms with Crippen LogP contribution in [0.5, 0.6) is 0 Å². The predicted octanol–water partition coefficient (Wildman–Crippen LogP) is 2.91. The van der Waals surface area contributed by atoms with Gasteiger partial charge in [0.15, 0.2) is 11.5 Å². The molecular weight excluding hydrogens is 301 g/mol. The first-order chi connectivity index (χ1) is 11.1. The number of hydrogen-bond acceptors (Lipinski definition) is 5. The van der Waals surface area contributed by atoms with Crippen molar-refractivity contribution in [2.24, 2.45) is 0 Å². The minimum atomic E-state index is -0.443. The molecule has 0 unspecified atom stereocenters. The van der Waals surface area contributed by atoms with Crippen LogP contribution in [0, 0.1) is 5.82 Å². The number of carbonyl (C=O) groups is 1. The van der Waals surface area contributed by atoms with Gasteiger partial charge in [-0.1, -0.05) is 12.1 Å². The lowest BCUT2D eigenvalue weighted by atomic mass is 10.1. The lowest BCUT2D eigenvalue weighted by molar-refractivity contribution is 0.104. The Labute approximate surface area is 130 Å². The molecule has 0 saturated heterocycles. The van der Waals surface area contributed by atoms with Crippen LogP contribution in [0.15, 0.2) is 53.4 Å². The molecule has 2 aromatic heterocycles. The van der Waals surface area contributed by atoms with E-state index >= 15 is 0 Å². The van der Waals surface area contributed by atoms with E-state index in [9.17, 15) is 14.3 Å². The molecule has 0 aliphatic heterocycles. The standard InChI is InChI=1S/C16H12FN3O3/c17-12-3-1-2-10(4-12)5-13-6-11(8-23-13)14(21)7-15(22)16-18-9-19-20-16/h1-4,6-9,22H,5H2,(H,18,19,20). The summed E-state index contributed by atoms with van der Waals surface area (Å²) < 4.78 is 18.5. The number of H-pyrrole nitrogens is 1. The van der Waals surface area contributed by atoms with Crippen molar-refractivity contribution in [3.8, 4) is 0 Å². The van der Waals surface area contributed by atoms with Crippen LogP contribution in [0.25, 0.3) is 5.76 Å². The number of nitrogens with zero attached hydrogens (tertiary/aromatic N) is 2. The smallest absolute Gasteiger partial charge is 0.215 e. The fraction of sp³-hybridized carbons (Fsp3) is 0.0625. The van der Waals surface area contributed by atoms with E-state index in [0.29, 0.717) is 12.2 Å². The lowest BCUT2D eigenvalue weighted by Gasteiger charge is -1.97. The van der Waals surface area contributed by atoms with E-state index in [1.54, 1.807) is 18.2 Å². The van der Waals surface area contributed by atoms with Crippen LogP contribution in [0.4, 0.5) is 4.39 Å². The number of furan rings is 1. The minimum absolute atomic E-state index is 0.0295. The van der Waals surface area contributed by atoms with Gasteiger partial charge in [0.05, 0.1) is 5.56 Å². The third kappa shape index (κ3) is 3.52. The molecular formula is C16H12FN3O3. The molecule has 0 atom stereocenters. The third-order valence-corrected chi connectivity index (χ3v) is 3.12. The quantitative estimate of drug-likeness (QED) is 0.429. The lowest BCUT2D eigenvalue weighted by Crippen LogP contribution is -1.96. The first-order valence-corrected chi connectivity index (χ1v) is 6.75. The summed E-state index contributed by atoms with van der Waals surface area (Å²) in [6, 6.07) is 7.69. The van der Waals surface area contributed by atoms with Gasteiger partial charge in [0.2, 0.25) is 5.82 Å². The summed E-state index contributed by atoms with van der Waals surface area (Å²) in [6.07, 6.45) is 3.96. The van der Waals surface area contributed by atoms with Crippen LogP contribution >= 0.6 is 0 Å². The molecule has 3 aromatic rings. The molecule has 2 heterocycles. The molecule has 7 heteroatoms. The van der Waals surface area contributed by atoms with Gasteiger partial charge in [0, 0.05) is 12.5 Å². The first-order valence-electron chi connectivity index (χ1n) is 6.75. The maximum Gasteiger partial charge on any atom is 0.215 e. The molecule has 0 radical (unpaired) electrons. The second kappa shape index (κ2) is 6.27. The average Bonchev–Trinajstić information content (AvgIpc) is 3.18. The van der Waals surface area contributed by atoms with Crippen LogP contribution in [-0.2, 0) is 6.42 Å². The first kappa shape index (κ1) is 14.7. The van der Waals surface area contributed by atoms with Crippen molar-refractivity contribution in [1.82, 2.24) is 15.2 Å². The summed E-state index contributed by atoms with van der Waals surface area (Å²) in [5.74, 6) is -0.568. The zero-order valence-electron chi connectivity index (χ0n) is 11.9. The number of halogens is 1. The van der Waals surface area contributed by atoms with Gasteiger partial charge in [-0.15, -0.1) is 0 Å². The fourth-order valence-electron chi connectivity index (χ4n) is 2.06. The molecule has 3 rings (SSSR count). The van der Waals surface area contributed by atoms with E-state index in [1.807, 2.05) is 0 Å². The molecule has 0 spiro atoms. The van der Waals surface area contributed by atoms with Gasteiger partial charge in [-0.25, -0.2) is 9.37 Å². The van der Waals surface area contributed by atoms with Crippen molar-refractivity contribution in [2.45, 2.75) is 6.42 Å². The predicted molar refractivity (Wildman–Crippen MR) is 79.2 cm³/mol. The van der Waals surface area contributed by atoms with Gasteiger partial charge >= 0.3 is 0 Å². The third-order valence-electron chi connectivity index (χ3n) is 3.12. The van der Waals surface area contributed by atoms with E-state index in [2.05, 4.69) is 15.2 Å². The van der Waals surface area contributed by atoms with Gasteiger partial charge < -0.3 is 9.52 Å². The highest BCUT2D eigenvalue weighted by molar-refractivity contribution is 6.07. The van der Waals surface area contributed by atoms with Gasteiger partial charge in [-0.2, -0.15) is 5.10 Å². The molecule has 6 nitrogen and oxygen atoms in total. The zero-order valence-corrected chi connectivity index (χ0v) is 11.9. The Morgan fingerprint density at radius 1 is 1.39 bits per heavy atom. The van der Waals surface area contributed by atoms with Crippen LogP contribution in [0.1, 0.15) is 27.5 Å². The number of benzene rings is 1. The molecule has 116 valence electrons. The fourth-order valence-corrected chi connectivity index (χ4v) is 2.06. The number of aliphatic hydroxyl groups excluding tert-OH is 1. The zero-order chi connectivity index (χ0) is 16.2. The Morgan fingerprint density at radius 3 is 3.00 bits per heavy atom. The highest BCUT2D eigenvalue weighted by Crippen LogP contribution is 2.16. The van der Waals surface area contributed by atoms with Crippen LogP contribution in [0.2, 0.25) is 0 Å². The normalized spacial score (nSPS) is 11.6. The van der Waals surface area contributed by atoms with Crippen LogP contribution < -0.4 is 0 Å². The van der Waals surface area contributed by atoms with Crippen molar-refractivity contribution in [3.05, 3.63) is 77.5 Å². The van der Waals surface area contributed by atoms with E-state index in [1.165, 1.54) is 24.7 Å². The Kier molecular flexibility index (Phi) is 4.01. The summed E-state index contributed by atoms with van der Waals surface area (Å²) in [5.41, 5.74) is 1.01. The number of nitrogens with one attached hydrogen (secondary N) is 1. The number of aliphatic hydroxyl groups is 1. The highest BCUT2D eigenvalue weighted by atomic mass is 19.1. The van der Waals surface area contributed by atoms with Gasteiger partial charge in [0.25, 0.3) is 0 Å². The van der Waals surface area contributed by atoms with Crippen molar-refractivity contribution in [3.63, 3.8) is 0 Å². The largest absolute Gasteiger partial charge is 0.504 e. The number of allylic oxidation sites excluding steroid dienone is 1. The Balaban J connectivity index is 1.74. The number of ketones is 1. The highest BCUT2D eigenvalue weighted by Gasteiger charge is 2.12. The summed E-state index contributed by atoms with van der Waals surface area (Å²) >= 11 is 0. The molecule has 23 heavy (non-hydrogen) atoms. The summed E-state index contributed by atoms with van der Waals surface area (Å²) in [6.45, 7) is 0. The molecule has 0 aliphatic carbocycles. The Bertz CT molecular complexity index is 853. The molecule has 0 fully saturated rings. The van der Waals surface area contributed by atoms with Crippen LogP contribution in [-0.4, -0.2) is 26.1 Å². The summed E-state index contributed by atoms with van der Waals surface area (Å²) in [5, 5.41) is 15.8. The van der Waals surface area contributed by atoms with Gasteiger partial charge in [-0.05, 0) is 23.8 Å². The van der Waals surface area contributed by atoms with E-state index in [0.717, 1.165) is 11.6 Å². The second-order valence-electron chi connectivity index (χ2n) is 4.82. The van der Waals surface area contributed by atoms with E-state index < -0.39 is 5.78 Å². The van der Waals surface area contributed by atoms with E-state index in [4.69, 9.17) is 4.42 Å². The van der Waals surface area contributed by atoms with Crippen LogP contribution in [0.3, 0.4) is 0 Å². The van der Waals surface area contributed by atoms with Crippen molar-refractivity contribution in [2.75, 3.05) is 0 Å². The minimum Gasteiger partial charge on any atom is -0.504 e. The maximum atomic E-state index is 13.1. The molecule has 2 N–H and O–H groups in total. The van der Waals surface area contributed by atoms with Crippen molar-refractivity contribution >= 4 is 11.5 Å². The summed E-state index contributed by atoms with van der Waals surface area (Å²) in [7, 11) is 0. The Hall–Kier alpha value is -3.22. The topological polar surface area (TPSA) is 92.0 Å². The molecule has 0 amide bonds. The van der Waals surface area contributed by atoms with Crippen molar-refractivity contribution in [1.29, 1.82) is 0 Å². The monoisotopic (exact) mass is 313 g/mol. The number of hydrogen-bond donors (Lipinski definition) is 2. The average molecular weight is 313 g/mol. The Morgan fingerprint density at radius 2 is 2.26 bits per heavy atom. The second-order valence-corrected chi connectivity index (χ2v) is 4.82. The van der Waals surface area contributed by atoms with E-state index in [-0.39, 0.29) is 23.0 Å². The van der Waals surface area contributed by atoms with Gasteiger partial charge in [-0.3, -0.25) is 9.89 Å². The maximum absolute atomic E-state index is 13.1. The number of rotatable bonds is 5.